The summed E-state index contributed by atoms with van der Waals surface area (Å²) in [6, 6.07) is 0. The lowest BCUT2D eigenvalue weighted by Gasteiger charge is -2.11. The molecule has 1 saturated heterocycles. The zero-order valence-electron chi connectivity index (χ0n) is 5.60. The highest BCUT2D eigenvalue weighted by Crippen LogP contribution is 2.29. The molecule has 0 bridgehead atoms. The molecule has 0 aromatic carbocycles. The van der Waals surface area contributed by atoms with Crippen molar-refractivity contribution in [2.75, 3.05) is 12.5 Å². The molecule has 1 fully saturated rings. The zero-order valence-corrected chi connectivity index (χ0v) is 7.11. The van der Waals surface area contributed by atoms with Gasteiger partial charge in [-0.2, -0.15) is 0 Å². The highest BCUT2D eigenvalue weighted by atomic mass is 35.5. The van der Waals surface area contributed by atoms with E-state index >= 15 is 0 Å². The second kappa shape index (κ2) is 2.99. The lowest BCUT2D eigenvalue weighted by molar-refractivity contribution is -0.142. The Morgan fingerprint density at radius 2 is 2.36 bits per heavy atom. The fourth-order valence-electron chi connectivity index (χ4n) is 0.860. The first kappa shape index (κ1) is 8.81. The van der Waals surface area contributed by atoms with Crippen molar-refractivity contribution in [3.8, 4) is 0 Å². The van der Waals surface area contributed by atoms with E-state index in [1.165, 1.54) is 0 Å². The van der Waals surface area contributed by atoms with Crippen molar-refractivity contribution in [1.82, 2.24) is 0 Å². The molecule has 11 heavy (non-hydrogen) atoms. The van der Waals surface area contributed by atoms with Gasteiger partial charge in [0.05, 0.1) is 12.5 Å². The molecular formula is C6H6Cl2O3. The Morgan fingerprint density at radius 1 is 1.73 bits per heavy atom. The molecule has 62 valence electrons. The molecule has 0 amide bonds. The molecule has 1 unspecified atom stereocenters. The number of carbonyl (C=O) groups is 2. The van der Waals surface area contributed by atoms with Gasteiger partial charge in [0.2, 0.25) is 4.87 Å². The van der Waals surface area contributed by atoms with Crippen molar-refractivity contribution in [1.29, 1.82) is 0 Å². The third-order valence-electron chi connectivity index (χ3n) is 1.57. The van der Waals surface area contributed by atoms with Gasteiger partial charge in [-0.1, -0.05) is 11.6 Å². The van der Waals surface area contributed by atoms with E-state index in [9.17, 15) is 9.59 Å². The Morgan fingerprint density at radius 3 is 2.73 bits per heavy atom. The maximum absolute atomic E-state index is 11.0. The van der Waals surface area contributed by atoms with Gasteiger partial charge in [0.15, 0.2) is 5.78 Å². The standard InChI is InChI=1S/C6H6Cl2O3/c7-3-4(9)6(8)1-2-11-5(6)10/h1-3H2. The minimum Gasteiger partial charge on any atom is -0.464 e. The van der Waals surface area contributed by atoms with Crippen LogP contribution in [0.1, 0.15) is 6.42 Å². The van der Waals surface area contributed by atoms with E-state index in [0.29, 0.717) is 0 Å². The number of esters is 1. The highest BCUT2D eigenvalue weighted by Gasteiger charge is 2.48. The number of halogens is 2. The van der Waals surface area contributed by atoms with Gasteiger partial charge in [-0.05, 0) is 0 Å². The van der Waals surface area contributed by atoms with E-state index in [2.05, 4.69) is 4.74 Å². The minimum atomic E-state index is -1.50. The third kappa shape index (κ3) is 1.35. The summed E-state index contributed by atoms with van der Waals surface area (Å²) >= 11 is 10.9. The van der Waals surface area contributed by atoms with Crippen LogP contribution >= 0.6 is 23.2 Å². The average molecular weight is 197 g/mol. The number of hydrogen-bond acceptors (Lipinski definition) is 3. The molecule has 0 aromatic rings. The first-order chi connectivity index (χ1) is 5.11. The smallest absolute Gasteiger partial charge is 0.335 e. The number of Topliss-reactive ketones (excluding diaryl/α,β-unsaturated/α-hetero) is 1. The van der Waals surface area contributed by atoms with E-state index in [0.717, 1.165) is 0 Å². The average Bonchev–Trinajstić information content (AvgIpc) is 2.32. The van der Waals surface area contributed by atoms with Crippen LogP contribution < -0.4 is 0 Å². The number of ether oxygens (including phenoxy) is 1. The molecule has 1 heterocycles. The number of cyclic esters (lactones) is 1. The maximum Gasteiger partial charge on any atom is 0.335 e. The number of alkyl halides is 2. The van der Waals surface area contributed by atoms with Gasteiger partial charge in [-0.3, -0.25) is 4.79 Å². The van der Waals surface area contributed by atoms with Gasteiger partial charge in [0.1, 0.15) is 0 Å². The molecule has 3 nitrogen and oxygen atoms in total. The fourth-order valence-corrected chi connectivity index (χ4v) is 1.36. The van der Waals surface area contributed by atoms with Crippen LogP contribution in [0.25, 0.3) is 0 Å². The van der Waals surface area contributed by atoms with E-state index in [-0.39, 0.29) is 18.9 Å². The van der Waals surface area contributed by atoms with Crippen molar-refractivity contribution < 1.29 is 14.3 Å². The summed E-state index contributed by atoms with van der Waals surface area (Å²) in [6.45, 7) is 0.199. The van der Waals surface area contributed by atoms with Gasteiger partial charge in [-0.15, -0.1) is 11.6 Å². The van der Waals surface area contributed by atoms with Crippen LogP contribution in [-0.2, 0) is 14.3 Å². The number of ketones is 1. The van der Waals surface area contributed by atoms with Crippen LogP contribution in [0, 0.1) is 0 Å². The molecule has 0 aromatic heterocycles. The van der Waals surface area contributed by atoms with Gasteiger partial charge in [0, 0.05) is 6.42 Å². The van der Waals surface area contributed by atoms with Crippen molar-refractivity contribution in [3.05, 3.63) is 0 Å². The molecule has 0 N–H and O–H groups in total. The van der Waals surface area contributed by atoms with Crippen LogP contribution in [0.15, 0.2) is 0 Å². The first-order valence-electron chi connectivity index (χ1n) is 3.06. The number of hydrogen-bond donors (Lipinski definition) is 0. The molecule has 1 rings (SSSR count). The molecule has 0 spiro atoms. The Labute approximate surface area is 73.6 Å². The maximum atomic E-state index is 11.0. The topological polar surface area (TPSA) is 43.4 Å². The summed E-state index contributed by atoms with van der Waals surface area (Å²) in [4.78, 5) is 20.3. The van der Waals surface area contributed by atoms with Crippen molar-refractivity contribution in [2.45, 2.75) is 11.3 Å². The summed E-state index contributed by atoms with van der Waals surface area (Å²) in [7, 11) is 0. The van der Waals surface area contributed by atoms with Gasteiger partial charge >= 0.3 is 5.97 Å². The highest BCUT2D eigenvalue weighted by molar-refractivity contribution is 6.49. The van der Waals surface area contributed by atoms with Crippen molar-refractivity contribution >= 4 is 35.0 Å². The molecule has 1 aliphatic heterocycles. The summed E-state index contributed by atoms with van der Waals surface area (Å²) in [6.07, 6.45) is 0.221. The lowest BCUT2D eigenvalue weighted by Crippen LogP contribution is -2.38. The molecule has 0 aliphatic carbocycles. The predicted molar refractivity (Wildman–Crippen MR) is 39.9 cm³/mol. The minimum absolute atomic E-state index is 0.199. The Balaban J connectivity index is 2.80. The Bertz CT molecular complexity index is 204. The molecule has 0 radical (unpaired) electrons. The normalized spacial score (nSPS) is 30.2. The van der Waals surface area contributed by atoms with Crippen molar-refractivity contribution in [2.24, 2.45) is 0 Å². The summed E-state index contributed by atoms with van der Waals surface area (Å²) in [5.41, 5.74) is 0. The van der Waals surface area contributed by atoms with E-state index in [1.807, 2.05) is 0 Å². The van der Waals surface area contributed by atoms with Gasteiger partial charge in [-0.25, -0.2) is 4.79 Å². The molecule has 0 saturated carbocycles. The van der Waals surface area contributed by atoms with Crippen molar-refractivity contribution in [3.63, 3.8) is 0 Å². The van der Waals surface area contributed by atoms with Gasteiger partial charge < -0.3 is 4.74 Å². The second-order valence-electron chi connectivity index (χ2n) is 2.24. The summed E-state index contributed by atoms with van der Waals surface area (Å²) in [5.74, 6) is -1.41. The fraction of sp³-hybridized carbons (Fsp3) is 0.667. The van der Waals surface area contributed by atoms with E-state index < -0.39 is 16.6 Å². The number of carbonyl (C=O) groups excluding carboxylic acids is 2. The first-order valence-corrected chi connectivity index (χ1v) is 3.98. The Hall–Kier alpha value is -0.280. The Kier molecular flexibility index (Phi) is 2.40. The SMILES string of the molecule is O=C(CCl)C1(Cl)CCOC1=O. The monoisotopic (exact) mass is 196 g/mol. The zero-order chi connectivity index (χ0) is 8.48. The number of rotatable bonds is 2. The van der Waals surface area contributed by atoms with E-state index in [4.69, 9.17) is 23.2 Å². The van der Waals surface area contributed by atoms with Gasteiger partial charge in [0.25, 0.3) is 0 Å². The lowest BCUT2D eigenvalue weighted by atomic mass is 10.0. The predicted octanol–water partition coefficient (Wildman–Crippen LogP) is 0.719. The van der Waals surface area contributed by atoms with Crippen LogP contribution in [-0.4, -0.2) is 29.1 Å². The van der Waals surface area contributed by atoms with Crippen LogP contribution in [0.4, 0.5) is 0 Å². The quantitative estimate of drug-likeness (QED) is 0.372. The summed E-state index contributed by atoms with van der Waals surface area (Å²) in [5, 5.41) is 0. The molecule has 1 aliphatic rings. The van der Waals surface area contributed by atoms with Crippen LogP contribution in [0.5, 0.6) is 0 Å². The second-order valence-corrected chi connectivity index (χ2v) is 3.16. The van der Waals surface area contributed by atoms with Crippen LogP contribution in [0.3, 0.4) is 0 Å². The van der Waals surface area contributed by atoms with Crippen LogP contribution in [0.2, 0.25) is 0 Å². The third-order valence-corrected chi connectivity index (χ3v) is 2.36. The molecule has 1 atom stereocenters. The van der Waals surface area contributed by atoms with E-state index in [1.54, 1.807) is 0 Å². The summed E-state index contributed by atoms with van der Waals surface area (Å²) < 4.78 is 4.54. The largest absolute Gasteiger partial charge is 0.464 e. The molecular weight excluding hydrogens is 191 g/mol. The molecule has 5 heteroatoms.